The minimum Gasteiger partial charge on any atom is -0.444 e. The SMILES string of the molecule is C#C.CC.CC(C)NC(=O)OC(C)(C)C.NC(=O)[C@@H]1CCCN1C=O. The van der Waals surface area contributed by atoms with Crippen LogP contribution < -0.4 is 11.1 Å². The topological polar surface area (TPSA) is 102 Å². The number of hydrogen-bond acceptors (Lipinski definition) is 4. The van der Waals surface area contributed by atoms with Crippen molar-refractivity contribution in [3.63, 3.8) is 0 Å². The van der Waals surface area contributed by atoms with Crippen molar-refractivity contribution in [1.29, 1.82) is 0 Å². The Balaban J connectivity index is -0.000000323. The van der Waals surface area contributed by atoms with Gasteiger partial charge in [0.2, 0.25) is 12.3 Å². The smallest absolute Gasteiger partial charge is 0.407 e. The van der Waals surface area contributed by atoms with Crippen LogP contribution in [0.15, 0.2) is 0 Å². The Labute approximate surface area is 152 Å². The van der Waals surface area contributed by atoms with Gasteiger partial charge in [-0.1, -0.05) is 13.8 Å². The van der Waals surface area contributed by atoms with Gasteiger partial charge in [-0.05, 0) is 47.5 Å². The fraction of sp³-hybridized carbons (Fsp3) is 0.722. The summed E-state index contributed by atoms with van der Waals surface area (Å²) in [6, 6.07) is -0.220. The molecule has 25 heavy (non-hydrogen) atoms. The van der Waals surface area contributed by atoms with Crippen molar-refractivity contribution in [2.45, 2.75) is 79.0 Å². The quantitative estimate of drug-likeness (QED) is 0.597. The number of amides is 3. The first-order valence-electron chi connectivity index (χ1n) is 8.40. The Kier molecular flexibility index (Phi) is 16.9. The Morgan fingerprint density at radius 2 is 1.76 bits per heavy atom. The fourth-order valence-electron chi connectivity index (χ4n) is 1.76. The molecule has 1 aliphatic heterocycles. The predicted molar refractivity (Wildman–Crippen MR) is 101 cm³/mol. The molecule has 1 rings (SSSR count). The molecule has 3 amide bonds. The number of likely N-dealkylation sites (tertiary alicyclic amines) is 1. The lowest BCUT2D eigenvalue weighted by Crippen LogP contribution is -2.39. The highest BCUT2D eigenvalue weighted by molar-refractivity contribution is 5.82. The lowest BCUT2D eigenvalue weighted by atomic mass is 10.2. The van der Waals surface area contributed by atoms with E-state index in [0.717, 1.165) is 6.42 Å². The maximum Gasteiger partial charge on any atom is 0.407 e. The van der Waals surface area contributed by atoms with Crippen LogP contribution in [-0.2, 0) is 14.3 Å². The third-order valence-electron chi connectivity index (χ3n) is 2.56. The second kappa shape index (κ2) is 15.3. The Morgan fingerprint density at radius 3 is 2.04 bits per heavy atom. The number of nitrogens with zero attached hydrogens (tertiary/aromatic N) is 1. The first-order chi connectivity index (χ1) is 11.6. The van der Waals surface area contributed by atoms with Gasteiger partial charge in [-0.25, -0.2) is 4.79 Å². The van der Waals surface area contributed by atoms with Gasteiger partial charge in [0, 0.05) is 12.6 Å². The molecule has 0 aliphatic carbocycles. The molecule has 1 atom stereocenters. The number of nitrogens with one attached hydrogen (secondary N) is 1. The van der Waals surface area contributed by atoms with Crippen LogP contribution in [0, 0.1) is 12.8 Å². The molecule has 1 fully saturated rings. The van der Waals surface area contributed by atoms with E-state index in [1.54, 1.807) is 0 Å². The second-order valence-electron chi connectivity index (χ2n) is 6.20. The van der Waals surface area contributed by atoms with E-state index in [1.165, 1.54) is 4.90 Å². The number of hydrogen-bond donors (Lipinski definition) is 2. The van der Waals surface area contributed by atoms with Crippen LogP contribution in [0.2, 0.25) is 0 Å². The molecule has 0 saturated carbocycles. The maximum absolute atomic E-state index is 10.9. The molecule has 1 aliphatic rings. The normalized spacial score (nSPS) is 15.3. The summed E-state index contributed by atoms with van der Waals surface area (Å²) in [6.45, 7) is 14.0. The van der Waals surface area contributed by atoms with Crippen LogP contribution in [0.5, 0.6) is 0 Å². The van der Waals surface area contributed by atoms with E-state index in [1.807, 2.05) is 48.5 Å². The van der Waals surface area contributed by atoms with Gasteiger partial charge in [-0.2, -0.15) is 0 Å². The number of carbonyl (C=O) groups is 3. The zero-order valence-electron chi connectivity index (χ0n) is 16.7. The third kappa shape index (κ3) is 16.4. The van der Waals surface area contributed by atoms with Gasteiger partial charge in [0.15, 0.2) is 0 Å². The van der Waals surface area contributed by atoms with Gasteiger partial charge in [-0.15, -0.1) is 12.8 Å². The number of alkyl carbamates (subject to hydrolysis) is 1. The standard InChI is InChI=1S/C8H17NO2.C6H10N2O2.C2H6.C2H2/c1-6(2)9-7(10)11-8(3,4)5;7-6(10)5-2-1-3-8(5)4-9;2*1-2/h6H,1-5H3,(H,9,10);4-5H,1-3H2,(H2,7,10);1-2H3;1-2H/t;5-;;/m.0../s1. The van der Waals surface area contributed by atoms with Gasteiger partial charge in [0.05, 0.1) is 0 Å². The molecule has 0 aromatic rings. The lowest BCUT2D eigenvalue weighted by molar-refractivity contribution is -0.128. The van der Waals surface area contributed by atoms with Crippen molar-refractivity contribution < 1.29 is 19.1 Å². The zero-order chi connectivity index (χ0) is 20.6. The summed E-state index contributed by atoms with van der Waals surface area (Å²) in [7, 11) is 0. The van der Waals surface area contributed by atoms with Crippen molar-refractivity contribution in [2.75, 3.05) is 6.54 Å². The molecule has 0 spiro atoms. The molecular formula is C18H35N3O4. The number of nitrogens with two attached hydrogens (primary N) is 1. The average Bonchev–Trinajstić information content (AvgIpc) is 2.98. The van der Waals surface area contributed by atoms with E-state index in [-0.39, 0.29) is 18.2 Å². The van der Waals surface area contributed by atoms with Crippen molar-refractivity contribution in [2.24, 2.45) is 5.73 Å². The van der Waals surface area contributed by atoms with Gasteiger partial charge < -0.3 is 20.7 Å². The van der Waals surface area contributed by atoms with Crippen LogP contribution in [0.4, 0.5) is 4.79 Å². The van der Waals surface area contributed by atoms with E-state index >= 15 is 0 Å². The molecule has 0 aromatic heterocycles. The van der Waals surface area contributed by atoms with Crippen LogP contribution in [0.3, 0.4) is 0 Å². The highest BCUT2D eigenvalue weighted by atomic mass is 16.6. The Hall–Kier alpha value is -2.23. The molecule has 3 N–H and O–H groups in total. The summed E-state index contributed by atoms with van der Waals surface area (Å²) >= 11 is 0. The van der Waals surface area contributed by atoms with E-state index in [2.05, 4.69) is 18.2 Å². The summed E-state index contributed by atoms with van der Waals surface area (Å²) in [5, 5.41) is 2.64. The molecule has 0 bridgehead atoms. The molecule has 0 radical (unpaired) electrons. The lowest BCUT2D eigenvalue weighted by Gasteiger charge is -2.20. The highest BCUT2D eigenvalue weighted by Gasteiger charge is 2.27. The summed E-state index contributed by atoms with van der Waals surface area (Å²) < 4.78 is 5.00. The van der Waals surface area contributed by atoms with Crippen LogP contribution >= 0.6 is 0 Å². The molecule has 0 unspecified atom stereocenters. The minimum atomic E-state index is -0.404. The first kappa shape index (κ1) is 27.6. The first-order valence-corrected chi connectivity index (χ1v) is 8.40. The van der Waals surface area contributed by atoms with E-state index in [4.69, 9.17) is 10.5 Å². The summed E-state index contributed by atoms with van der Waals surface area (Å²) in [5.74, 6) is -0.399. The monoisotopic (exact) mass is 357 g/mol. The van der Waals surface area contributed by atoms with Gasteiger partial charge in [0.25, 0.3) is 0 Å². The summed E-state index contributed by atoms with van der Waals surface area (Å²) in [6.07, 6.45) is 9.93. The van der Waals surface area contributed by atoms with Crippen molar-refractivity contribution in [3.8, 4) is 12.8 Å². The molecule has 146 valence electrons. The van der Waals surface area contributed by atoms with Crippen molar-refractivity contribution in [3.05, 3.63) is 0 Å². The van der Waals surface area contributed by atoms with Gasteiger partial charge in [-0.3, -0.25) is 9.59 Å². The molecular weight excluding hydrogens is 322 g/mol. The molecule has 1 saturated heterocycles. The number of ether oxygens (including phenoxy) is 1. The molecule has 7 nitrogen and oxygen atoms in total. The highest BCUT2D eigenvalue weighted by Crippen LogP contribution is 2.13. The predicted octanol–water partition coefficient (Wildman–Crippen LogP) is 2.29. The Bertz CT molecular complexity index is 401. The third-order valence-corrected chi connectivity index (χ3v) is 2.56. The van der Waals surface area contributed by atoms with Crippen molar-refractivity contribution >= 4 is 18.4 Å². The average molecular weight is 357 g/mol. The van der Waals surface area contributed by atoms with Gasteiger partial charge >= 0.3 is 6.09 Å². The van der Waals surface area contributed by atoms with E-state index in [0.29, 0.717) is 19.4 Å². The van der Waals surface area contributed by atoms with E-state index < -0.39 is 11.5 Å². The minimum absolute atomic E-state index is 0.129. The van der Waals surface area contributed by atoms with Crippen LogP contribution in [0.1, 0.15) is 61.3 Å². The van der Waals surface area contributed by atoms with Crippen molar-refractivity contribution in [1.82, 2.24) is 10.2 Å². The number of terminal acetylenes is 1. The number of carbonyl (C=O) groups excluding carboxylic acids is 3. The number of primary amides is 1. The second-order valence-corrected chi connectivity index (χ2v) is 6.20. The fourth-order valence-corrected chi connectivity index (χ4v) is 1.76. The van der Waals surface area contributed by atoms with Crippen LogP contribution in [-0.4, -0.2) is 47.5 Å². The molecule has 0 aromatic carbocycles. The maximum atomic E-state index is 10.9. The molecule has 1 heterocycles. The largest absolute Gasteiger partial charge is 0.444 e. The summed E-state index contributed by atoms with van der Waals surface area (Å²) in [4.78, 5) is 33.2. The molecule has 7 heteroatoms. The number of rotatable bonds is 3. The zero-order valence-corrected chi connectivity index (χ0v) is 16.7. The van der Waals surface area contributed by atoms with E-state index in [9.17, 15) is 14.4 Å². The van der Waals surface area contributed by atoms with Gasteiger partial charge in [0.1, 0.15) is 11.6 Å². The summed E-state index contributed by atoms with van der Waals surface area (Å²) in [5.41, 5.74) is 4.62. The Morgan fingerprint density at radius 1 is 1.28 bits per heavy atom. The van der Waals surface area contributed by atoms with Crippen LogP contribution in [0.25, 0.3) is 0 Å².